The van der Waals surface area contributed by atoms with Gasteiger partial charge in [-0.15, -0.1) is 0 Å². The van der Waals surface area contributed by atoms with Crippen LogP contribution in [0.3, 0.4) is 0 Å². The van der Waals surface area contributed by atoms with Crippen LogP contribution in [0.4, 0.5) is 35.0 Å². The van der Waals surface area contributed by atoms with Crippen molar-refractivity contribution in [2.45, 2.75) is 19.0 Å². The first-order chi connectivity index (χ1) is 15.2. The third-order valence-corrected chi connectivity index (χ3v) is 3.95. The molecule has 0 saturated carbocycles. The minimum Gasteiger partial charge on any atom is -0.481 e. The minimum absolute atomic E-state index is 0.0699. The van der Waals surface area contributed by atoms with Gasteiger partial charge in [0.2, 0.25) is 5.95 Å². The summed E-state index contributed by atoms with van der Waals surface area (Å²) in [5.74, 6) is -0.811. The van der Waals surface area contributed by atoms with Crippen LogP contribution in [0.15, 0.2) is 54.9 Å². The van der Waals surface area contributed by atoms with Crippen molar-refractivity contribution < 1.29 is 32.2 Å². The lowest BCUT2D eigenvalue weighted by atomic mass is 10.2. The molecule has 0 amide bonds. The average Bonchev–Trinajstić information content (AvgIpc) is 2.74. The summed E-state index contributed by atoms with van der Waals surface area (Å²) in [6.07, 6.45) is -5.67. The van der Waals surface area contributed by atoms with Gasteiger partial charge < -0.3 is 20.5 Å². The van der Waals surface area contributed by atoms with E-state index in [0.717, 1.165) is 12.1 Å². The van der Waals surface area contributed by atoms with Crippen LogP contribution in [0.25, 0.3) is 11.3 Å². The van der Waals surface area contributed by atoms with Crippen LogP contribution in [0, 0.1) is 0 Å². The van der Waals surface area contributed by atoms with Gasteiger partial charge in [-0.25, -0.2) is 15.0 Å². The molecule has 0 aliphatic carbocycles. The number of nitrogens with one attached hydrogen (secondary N) is 2. The van der Waals surface area contributed by atoms with Crippen molar-refractivity contribution in [1.29, 1.82) is 0 Å². The number of hydrogen-bond donors (Lipinski definition) is 3. The normalized spacial score (nSPS) is 11.3. The van der Waals surface area contributed by atoms with Crippen molar-refractivity contribution in [3.63, 3.8) is 0 Å². The van der Waals surface area contributed by atoms with Crippen LogP contribution in [0.1, 0.15) is 6.42 Å². The molecule has 3 rings (SSSR count). The fourth-order valence-electron chi connectivity index (χ4n) is 2.53. The highest BCUT2D eigenvalue weighted by Crippen LogP contribution is 2.29. The Hall–Kier alpha value is -3.96. The van der Waals surface area contributed by atoms with Gasteiger partial charge in [-0.05, 0) is 30.3 Å². The summed E-state index contributed by atoms with van der Waals surface area (Å²) in [6, 6.07) is 10.1. The molecule has 0 saturated heterocycles. The van der Waals surface area contributed by atoms with Gasteiger partial charge in [0.25, 0.3) is 0 Å². The van der Waals surface area contributed by atoms with Crippen molar-refractivity contribution in [2.75, 3.05) is 17.2 Å². The second-order valence-electron chi connectivity index (χ2n) is 6.38. The number of carboxylic acid groups (broad SMARTS) is 1. The Balaban J connectivity index is 1.73. The third kappa shape index (κ3) is 6.27. The highest BCUT2D eigenvalue weighted by atomic mass is 19.3. The molecule has 0 unspecified atom stereocenters. The molecule has 2 aromatic heterocycles. The Bertz CT molecular complexity index is 1080. The van der Waals surface area contributed by atoms with Crippen molar-refractivity contribution >= 4 is 23.4 Å². The van der Waals surface area contributed by atoms with E-state index in [4.69, 9.17) is 5.11 Å². The number of carboxylic acids is 1. The maximum absolute atomic E-state index is 13.1. The van der Waals surface area contributed by atoms with Crippen molar-refractivity contribution in [3.8, 4) is 17.0 Å². The zero-order valence-corrected chi connectivity index (χ0v) is 16.3. The Morgan fingerprint density at radius 3 is 2.66 bits per heavy atom. The maximum atomic E-state index is 13.1. The molecule has 0 aliphatic rings. The van der Waals surface area contributed by atoms with Gasteiger partial charge in [0.05, 0.1) is 12.1 Å². The van der Waals surface area contributed by atoms with E-state index >= 15 is 0 Å². The van der Waals surface area contributed by atoms with Gasteiger partial charge in [0.15, 0.2) is 0 Å². The maximum Gasteiger partial charge on any atom is 0.461 e. The van der Waals surface area contributed by atoms with Gasteiger partial charge in [-0.3, -0.25) is 4.79 Å². The molecule has 0 radical (unpaired) electrons. The molecule has 3 N–H and O–H groups in total. The highest BCUT2D eigenvalue weighted by Gasteiger charge is 2.43. The molecule has 2 heterocycles. The Morgan fingerprint density at radius 1 is 1.12 bits per heavy atom. The summed E-state index contributed by atoms with van der Waals surface area (Å²) < 4.78 is 55.0. The molecule has 32 heavy (non-hydrogen) atoms. The first-order valence-corrected chi connectivity index (χ1v) is 9.20. The number of aromatic nitrogens is 3. The lowest BCUT2D eigenvalue weighted by Crippen LogP contribution is -2.33. The van der Waals surface area contributed by atoms with Crippen LogP contribution < -0.4 is 15.4 Å². The van der Waals surface area contributed by atoms with Crippen LogP contribution >= 0.6 is 0 Å². The Labute approximate surface area is 179 Å². The number of halogens is 4. The average molecular weight is 451 g/mol. The first kappa shape index (κ1) is 22.7. The number of pyridine rings is 1. The molecular formula is C20H17F4N5O3. The molecule has 0 atom stereocenters. The molecule has 3 aromatic rings. The second-order valence-corrected chi connectivity index (χ2v) is 6.38. The SMILES string of the molecule is O=C(O)CCNc1cc(-c2ccnc(Nc3cccc(OC(F)(F)C(F)F)c3)n2)ccn1. The van der Waals surface area contributed by atoms with Crippen LogP contribution in [0.2, 0.25) is 0 Å². The number of rotatable bonds is 10. The second kappa shape index (κ2) is 9.90. The van der Waals surface area contributed by atoms with E-state index in [1.165, 1.54) is 24.5 Å². The molecular weight excluding hydrogens is 434 g/mol. The standard InChI is InChI=1S/C20H17F4N5O3/c21-18(22)20(23,24)32-14-3-1-2-13(11-14)28-19-27-8-5-15(29-19)12-4-7-25-16(10-12)26-9-6-17(30)31/h1-5,7-8,10-11,18H,6,9H2,(H,25,26)(H,30,31)(H,27,28,29). The summed E-state index contributed by atoms with van der Waals surface area (Å²) in [7, 11) is 0. The van der Waals surface area contributed by atoms with Crippen molar-refractivity contribution in [2.24, 2.45) is 0 Å². The van der Waals surface area contributed by atoms with Crippen LogP contribution in [-0.2, 0) is 4.79 Å². The summed E-state index contributed by atoms with van der Waals surface area (Å²) >= 11 is 0. The molecule has 168 valence electrons. The van der Waals surface area contributed by atoms with E-state index in [-0.39, 0.29) is 24.6 Å². The molecule has 0 fully saturated rings. The number of ether oxygens (including phenoxy) is 1. The smallest absolute Gasteiger partial charge is 0.461 e. The van der Waals surface area contributed by atoms with Gasteiger partial charge in [0, 0.05) is 36.3 Å². The number of benzene rings is 1. The molecule has 0 aliphatic heterocycles. The van der Waals surface area contributed by atoms with Crippen molar-refractivity contribution in [3.05, 3.63) is 54.9 Å². The summed E-state index contributed by atoms with van der Waals surface area (Å²) in [5.41, 5.74) is 1.41. The van der Waals surface area contributed by atoms with E-state index in [0.29, 0.717) is 17.1 Å². The van der Waals surface area contributed by atoms with E-state index in [1.807, 2.05) is 0 Å². The van der Waals surface area contributed by atoms with E-state index in [9.17, 15) is 22.4 Å². The highest BCUT2D eigenvalue weighted by molar-refractivity contribution is 5.68. The quantitative estimate of drug-likeness (QED) is 0.389. The third-order valence-electron chi connectivity index (χ3n) is 3.95. The zero-order valence-electron chi connectivity index (χ0n) is 16.3. The van der Waals surface area contributed by atoms with Gasteiger partial charge in [0.1, 0.15) is 11.6 Å². The van der Waals surface area contributed by atoms with Gasteiger partial charge >= 0.3 is 18.5 Å². The topological polar surface area (TPSA) is 109 Å². The number of anilines is 3. The zero-order chi connectivity index (χ0) is 23.1. The number of aliphatic carboxylic acids is 1. The molecule has 1 aromatic carbocycles. The number of alkyl halides is 4. The predicted octanol–water partition coefficient (Wildman–Crippen LogP) is 4.41. The fourth-order valence-corrected chi connectivity index (χ4v) is 2.53. The first-order valence-electron chi connectivity index (χ1n) is 9.20. The number of nitrogens with zero attached hydrogens (tertiary/aromatic N) is 3. The number of carbonyl (C=O) groups is 1. The minimum atomic E-state index is -4.62. The summed E-state index contributed by atoms with van der Waals surface area (Å²) in [5, 5.41) is 14.4. The Kier molecular flexibility index (Phi) is 7.03. The molecule has 8 nitrogen and oxygen atoms in total. The summed E-state index contributed by atoms with van der Waals surface area (Å²) in [6.45, 7) is 0.200. The lowest BCUT2D eigenvalue weighted by molar-refractivity contribution is -0.253. The molecule has 0 spiro atoms. The number of hydrogen-bond acceptors (Lipinski definition) is 7. The monoisotopic (exact) mass is 451 g/mol. The van der Waals surface area contributed by atoms with Crippen LogP contribution in [0.5, 0.6) is 5.75 Å². The van der Waals surface area contributed by atoms with E-state index in [2.05, 4.69) is 30.3 Å². The van der Waals surface area contributed by atoms with Gasteiger partial charge in [-0.2, -0.15) is 17.6 Å². The summed E-state index contributed by atoms with van der Waals surface area (Å²) in [4.78, 5) is 23.1. The predicted molar refractivity (Wildman–Crippen MR) is 107 cm³/mol. The largest absolute Gasteiger partial charge is 0.481 e. The molecule has 12 heteroatoms. The fraction of sp³-hybridized carbons (Fsp3) is 0.200. The van der Waals surface area contributed by atoms with E-state index < -0.39 is 24.3 Å². The Morgan fingerprint density at radius 2 is 1.91 bits per heavy atom. The van der Waals surface area contributed by atoms with Crippen molar-refractivity contribution in [1.82, 2.24) is 15.0 Å². The molecule has 0 bridgehead atoms. The van der Waals surface area contributed by atoms with Crippen LogP contribution in [-0.4, -0.2) is 45.1 Å². The van der Waals surface area contributed by atoms with E-state index in [1.54, 1.807) is 18.2 Å². The lowest BCUT2D eigenvalue weighted by Gasteiger charge is -2.17. The van der Waals surface area contributed by atoms with Gasteiger partial charge in [-0.1, -0.05) is 6.07 Å².